The maximum Gasteiger partial charge on any atom is 0.244 e. The minimum absolute atomic E-state index is 0.0193. The molecule has 0 saturated carbocycles. The first-order chi connectivity index (χ1) is 11.6. The van der Waals surface area contributed by atoms with Gasteiger partial charge in [0.25, 0.3) is 0 Å². The smallest absolute Gasteiger partial charge is 0.244 e. The first-order valence-electron chi connectivity index (χ1n) is 7.04. The molecule has 0 aliphatic carbocycles. The number of para-hydroxylation sites is 1. The van der Waals surface area contributed by atoms with E-state index in [0.29, 0.717) is 5.69 Å². The Morgan fingerprint density at radius 2 is 1.92 bits per heavy atom. The number of pyridine rings is 1. The van der Waals surface area contributed by atoms with E-state index >= 15 is 0 Å². The second kappa shape index (κ2) is 6.77. The van der Waals surface area contributed by atoms with E-state index in [1.165, 1.54) is 13.2 Å². The fourth-order valence-corrected chi connectivity index (χ4v) is 3.26. The van der Waals surface area contributed by atoms with Gasteiger partial charge in [0.15, 0.2) is 0 Å². The molecule has 24 heavy (non-hydrogen) atoms. The minimum atomic E-state index is -3.72. The third-order valence-corrected chi connectivity index (χ3v) is 4.71. The third kappa shape index (κ3) is 3.42. The number of nitrogens with one attached hydrogen (secondary N) is 1. The van der Waals surface area contributed by atoms with Gasteiger partial charge in [-0.05, 0) is 24.3 Å². The maximum absolute atomic E-state index is 12.4. The molecule has 0 aliphatic heterocycles. The molecule has 0 amide bonds. The molecule has 2 aromatic heterocycles. The summed E-state index contributed by atoms with van der Waals surface area (Å²) in [5, 5.41) is 7.94. The molecule has 2 heterocycles. The highest BCUT2D eigenvalue weighted by atomic mass is 32.2. The Balaban J connectivity index is 1.75. The van der Waals surface area contributed by atoms with Crippen LogP contribution in [0.2, 0.25) is 0 Å². The minimum Gasteiger partial charge on any atom is -0.495 e. The Bertz CT molecular complexity index is 925. The SMILES string of the molecule is COc1ccccc1S(=O)(=O)NCc1cn(-c2ccncc2)nn1. The number of benzene rings is 1. The molecular formula is C15H15N5O3S. The first kappa shape index (κ1) is 16.1. The Morgan fingerprint density at radius 1 is 1.17 bits per heavy atom. The summed E-state index contributed by atoms with van der Waals surface area (Å²) in [5.74, 6) is 0.283. The van der Waals surface area contributed by atoms with Gasteiger partial charge in [-0.15, -0.1) is 5.10 Å². The van der Waals surface area contributed by atoms with Crippen molar-refractivity contribution in [2.45, 2.75) is 11.4 Å². The molecule has 1 N–H and O–H groups in total. The van der Waals surface area contributed by atoms with Crippen molar-refractivity contribution in [3.63, 3.8) is 0 Å². The molecule has 0 aliphatic rings. The molecule has 3 aromatic rings. The van der Waals surface area contributed by atoms with Gasteiger partial charge >= 0.3 is 0 Å². The van der Waals surface area contributed by atoms with Crippen LogP contribution >= 0.6 is 0 Å². The molecule has 3 rings (SSSR count). The molecule has 1 aromatic carbocycles. The summed E-state index contributed by atoms with van der Waals surface area (Å²) >= 11 is 0. The van der Waals surface area contributed by atoms with E-state index in [2.05, 4.69) is 20.0 Å². The number of hydrogen-bond acceptors (Lipinski definition) is 6. The highest BCUT2D eigenvalue weighted by Gasteiger charge is 2.19. The van der Waals surface area contributed by atoms with Crippen LogP contribution in [0.3, 0.4) is 0 Å². The quantitative estimate of drug-likeness (QED) is 0.719. The normalized spacial score (nSPS) is 11.4. The van der Waals surface area contributed by atoms with Crippen molar-refractivity contribution < 1.29 is 13.2 Å². The van der Waals surface area contributed by atoms with E-state index in [1.807, 2.05) is 0 Å². The summed E-state index contributed by atoms with van der Waals surface area (Å²) in [6.07, 6.45) is 4.93. The van der Waals surface area contributed by atoms with Gasteiger partial charge in [-0.2, -0.15) is 0 Å². The molecular weight excluding hydrogens is 330 g/mol. The largest absolute Gasteiger partial charge is 0.495 e. The van der Waals surface area contributed by atoms with Crippen molar-refractivity contribution in [2.24, 2.45) is 0 Å². The van der Waals surface area contributed by atoms with Crippen LogP contribution in [0.1, 0.15) is 5.69 Å². The number of sulfonamides is 1. The lowest BCUT2D eigenvalue weighted by Gasteiger charge is -2.09. The fourth-order valence-electron chi connectivity index (χ4n) is 2.09. The van der Waals surface area contributed by atoms with Gasteiger partial charge < -0.3 is 4.74 Å². The van der Waals surface area contributed by atoms with E-state index in [0.717, 1.165) is 5.69 Å². The number of aromatic nitrogens is 4. The van der Waals surface area contributed by atoms with E-state index in [4.69, 9.17) is 4.74 Å². The molecule has 0 bridgehead atoms. The lowest BCUT2D eigenvalue weighted by molar-refractivity contribution is 0.402. The monoisotopic (exact) mass is 345 g/mol. The standard InChI is InChI=1S/C15H15N5O3S/c1-23-14-4-2-3-5-15(14)24(21,22)17-10-12-11-20(19-18-12)13-6-8-16-9-7-13/h2-9,11,17H,10H2,1H3. The van der Waals surface area contributed by atoms with Gasteiger partial charge in [-0.3, -0.25) is 4.98 Å². The van der Waals surface area contributed by atoms with Gasteiger partial charge in [0.05, 0.1) is 31.2 Å². The number of ether oxygens (including phenoxy) is 1. The summed E-state index contributed by atoms with van der Waals surface area (Å²) in [6, 6.07) is 9.97. The van der Waals surface area contributed by atoms with Crippen LogP contribution in [0.5, 0.6) is 5.75 Å². The van der Waals surface area contributed by atoms with Gasteiger partial charge in [0, 0.05) is 12.4 Å². The predicted octanol–water partition coefficient (Wildman–Crippen LogP) is 1.15. The van der Waals surface area contributed by atoms with Crippen LogP contribution in [0.4, 0.5) is 0 Å². The van der Waals surface area contributed by atoms with Crippen LogP contribution in [-0.4, -0.2) is 35.5 Å². The molecule has 0 fully saturated rings. The van der Waals surface area contributed by atoms with Crippen LogP contribution in [-0.2, 0) is 16.6 Å². The van der Waals surface area contributed by atoms with Crippen LogP contribution < -0.4 is 9.46 Å². The molecule has 0 spiro atoms. The van der Waals surface area contributed by atoms with E-state index in [9.17, 15) is 8.42 Å². The van der Waals surface area contributed by atoms with E-state index in [1.54, 1.807) is 53.6 Å². The van der Waals surface area contributed by atoms with Crippen LogP contribution in [0.15, 0.2) is 59.9 Å². The van der Waals surface area contributed by atoms with Crippen molar-refractivity contribution in [1.82, 2.24) is 24.7 Å². The van der Waals surface area contributed by atoms with Crippen molar-refractivity contribution in [3.05, 3.63) is 60.7 Å². The average Bonchev–Trinajstić information content (AvgIpc) is 3.10. The van der Waals surface area contributed by atoms with Crippen LogP contribution in [0.25, 0.3) is 5.69 Å². The molecule has 0 unspecified atom stereocenters. The van der Waals surface area contributed by atoms with Crippen molar-refractivity contribution in [1.29, 1.82) is 0 Å². The zero-order valence-electron chi connectivity index (χ0n) is 12.8. The lowest BCUT2D eigenvalue weighted by atomic mass is 10.3. The number of hydrogen-bond donors (Lipinski definition) is 1. The fraction of sp³-hybridized carbons (Fsp3) is 0.133. The van der Waals surface area contributed by atoms with Crippen molar-refractivity contribution in [2.75, 3.05) is 7.11 Å². The molecule has 0 saturated heterocycles. The molecule has 0 radical (unpaired) electrons. The van der Waals surface area contributed by atoms with Crippen molar-refractivity contribution >= 4 is 10.0 Å². The molecule has 9 heteroatoms. The van der Waals surface area contributed by atoms with Gasteiger partial charge in [0.1, 0.15) is 10.6 Å². The summed E-state index contributed by atoms with van der Waals surface area (Å²) in [5.41, 5.74) is 1.28. The van der Waals surface area contributed by atoms with Gasteiger partial charge in [-0.1, -0.05) is 17.3 Å². The summed E-state index contributed by atoms with van der Waals surface area (Å²) in [4.78, 5) is 4.01. The number of rotatable bonds is 6. The summed E-state index contributed by atoms with van der Waals surface area (Å²) in [6.45, 7) is 0.0193. The topological polar surface area (TPSA) is 99.0 Å². The highest BCUT2D eigenvalue weighted by Crippen LogP contribution is 2.22. The number of nitrogens with zero attached hydrogens (tertiary/aromatic N) is 4. The summed E-state index contributed by atoms with van der Waals surface area (Å²) < 4.78 is 33.9. The Morgan fingerprint density at radius 3 is 2.67 bits per heavy atom. The zero-order valence-corrected chi connectivity index (χ0v) is 13.6. The summed E-state index contributed by atoms with van der Waals surface area (Å²) in [7, 11) is -2.29. The maximum atomic E-state index is 12.4. The first-order valence-corrected chi connectivity index (χ1v) is 8.53. The Hall–Kier alpha value is -2.78. The van der Waals surface area contributed by atoms with E-state index in [-0.39, 0.29) is 17.2 Å². The van der Waals surface area contributed by atoms with Gasteiger partial charge in [-0.25, -0.2) is 17.8 Å². The lowest BCUT2D eigenvalue weighted by Crippen LogP contribution is -2.24. The van der Waals surface area contributed by atoms with Crippen LogP contribution in [0, 0.1) is 0 Å². The predicted molar refractivity (Wildman–Crippen MR) is 86.2 cm³/mol. The van der Waals surface area contributed by atoms with Crippen molar-refractivity contribution in [3.8, 4) is 11.4 Å². The second-order valence-electron chi connectivity index (χ2n) is 4.84. The average molecular weight is 345 g/mol. The second-order valence-corrected chi connectivity index (χ2v) is 6.57. The number of methoxy groups -OCH3 is 1. The molecule has 8 nitrogen and oxygen atoms in total. The zero-order chi connectivity index (χ0) is 17.0. The van der Waals surface area contributed by atoms with Gasteiger partial charge in [0.2, 0.25) is 10.0 Å². The third-order valence-electron chi connectivity index (χ3n) is 3.27. The molecule has 0 atom stereocenters. The Kier molecular flexibility index (Phi) is 4.54. The van der Waals surface area contributed by atoms with E-state index < -0.39 is 10.0 Å². The highest BCUT2D eigenvalue weighted by molar-refractivity contribution is 7.89. The Labute approximate surface area is 139 Å². The molecule has 124 valence electrons.